The Labute approximate surface area is 139 Å². The van der Waals surface area contributed by atoms with Gasteiger partial charge in [0.2, 0.25) is 9.05 Å². The zero-order valence-corrected chi connectivity index (χ0v) is 14.3. The number of halogens is 9. The van der Waals surface area contributed by atoms with Crippen molar-refractivity contribution >= 4 is 19.7 Å². The van der Waals surface area contributed by atoms with Gasteiger partial charge in [-0.05, 0) is 39.0 Å². The van der Waals surface area contributed by atoms with Gasteiger partial charge in [-0.3, -0.25) is 0 Å². The summed E-state index contributed by atoms with van der Waals surface area (Å²) in [7, 11) is 0.868. The van der Waals surface area contributed by atoms with Gasteiger partial charge in [0.15, 0.2) is 0 Å². The normalized spacial score (nSPS) is 16.3. The molecule has 12 heteroatoms. The predicted molar refractivity (Wildman–Crippen MR) is 72.7 cm³/mol. The second-order valence-corrected chi connectivity index (χ2v) is 9.07. The van der Waals surface area contributed by atoms with Crippen molar-refractivity contribution in [1.82, 2.24) is 0 Å². The van der Waals surface area contributed by atoms with E-state index in [0.29, 0.717) is 0 Å². The Morgan fingerprint density at radius 2 is 1.29 bits per heavy atom. The average molecular weight is 413 g/mol. The summed E-state index contributed by atoms with van der Waals surface area (Å²) in [6.07, 6.45) is -16.3. The monoisotopic (exact) mass is 412 g/mol. The number of hydrogen-bond donors (Lipinski definition) is 0. The highest BCUT2D eigenvalue weighted by Crippen LogP contribution is 2.51. The van der Waals surface area contributed by atoms with Crippen LogP contribution >= 0.6 is 10.7 Å². The first kappa shape index (κ1) is 23.7. The number of rotatable bonds is 8. The second kappa shape index (κ2) is 7.51. The Hall–Kier alpha value is -0.320. The molecular formula is C12H17ClF8O2S. The lowest BCUT2D eigenvalue weighted by Crippen LogP contribution is -2.54. The minimum absolute atomic E-state index is 0.418. The lowest BCUT2D eigenvalue weighted by atomic mass is 9.82. The van der Waals surface area contributed by atoms with Crippen molar-refractivity contribution in [2.75, 3.05) is 5.75 Å². The van der Waals surface area contributed by atoms with E-state index in [4.69, 9.17) is 10.7 Å². The molecule has 0 spiro atoms. The van der Waals surface area contributed by atoms with E-state index in [9.17, 15) is 43.5 Å². The van der Waals surface area contributed by atoms with Gasteiger partial charge in [-0.1, -0.05) is 0 Å². The maximum Gasteiger partial charge on any atom is 0.431 e. The van der Waals surface area contributed by atoms with Crippen LogP contribution in [0.15, 0.2) is 0 Å². The van der Waals surface area contributed by atoms with Gasteiger partial charge in [0.05, 0.1) is 5.75 Å². The summed E-state index contributed by atoms with van der Waals surface area (Å²) in [5, 5.41) is 0. The van der Waals surface area contributed by atoms with Gasteiger partial charge in [0.1, 0.15) is 5.67 Å². The van der Waals surface area contributed by atoms with Crippen LogP contribution in [0.5, 0.6) is 0 Å². The average Bonchev–Trinajstić information content (AvgIpc) is 2.21. The van der Waals surface area contributed by atoms with E-state index in [1.54, 1.807) is 0 Å². The summed E-state index contributed by atoms with van der Waals surface area (Å²) < 4.78 is 125. The van der Waals surface area contributed by atoms with Gasteiger partial charge < -0.3 is 0 Å². The van der Waals surface area contributed by atoms with E-state index in [-0.39, 0.29) is 0 Å². The summed E-state index contributed by atoms with van der Waals surface area (Å²) in [5.74, 6) is -2.41. The molecule has 0 N–H and O–H groups in total. The maximum absolute atomic E-state index is 13.8. The van der Waals surface area contributed by atoms with Crippen molar-refractivity contribution in [3.05, 3.63) is 0 Å². The van der Waals surface area contributed by atoms with Crippen LogP contribution in [0.4, 0.5) is 35.1 Å². The lowest BCUT2D eigenvalue weighted by molar-refractivity contribution is -0.346. The third kappa shape index (κ3) is 7.71. The van der Waals surface area contributed by atoms with Crippen molar-refractivity contribution in [2.45, 2.75) is 63.2 Å². The molecule has 0 aliphatic carbocycles. The van der Waals surface area contributed by atoms with Crippen molar-refractivity contribution < 1.29 is 43.5 Å². The number of hydrogen-bond acceptors (Lipinski definition) is 2. The van der Waals surface area contributed by atoms with Crippen molar-refractivity contribution in [3.63, 3.8) is 0 Å². The highest BCUT2D eigenvalue weighted by atomic mass is 35.7. The standard InChI is InChI=1S/C12H17ClF8O2S/c1-9(2,14)6-8(4-3-5-24(13,22)23)7-10(15,11(16,17)18)12(19,20)21/h8H,3-7H2,1-2H3. The second-order valence-electron chi connectivity index (χ2n) is 6.17. The first-order valence-electron chi connectivity index (χ1n) is 6.72. The Kier molecular flexibility index (Phi) is 7.41. The molecule has 1 unspecified atom stereocenters. The molecule has 0 saturated heterocycles. The van der Waals surface area contributed by atoms with E-state index in [1.807, 2.05) is 0 Å². The van der Waals surface area contributed by atoms with E-state index < -0.39 is 70.1 Å². The molecule has 0 fully saturated rings. The van der Waals surface area contributed by atoms with Gasteiger partial charge in [-0.15, -0.1) is 0 Å². The smallest absolute Gasteiger partial charge is 0.244 e. The van der Waals surface area contributed by atoms with Crippen LogP contribution in [0.3, 0.4) is 0 Å². The molecule has 1 atom stereocenters. The van der Waals surface area contributed by atoms with Crippen LogP contribution in [0.25, 0.3) is 0 Å². The molecule has 0 radical (unpaired) electrons. The third-order valence-corrected chi connectivity index (χ3v) is 4.48. The molecule has 146 valence electrons. The van der Waals surface area contributed by atoms with Crippen molar-refractivity contribution in [3.8, 4) is 0 Å². The van der Waals surface area contributed by atoms with E-state index in [0.717, 1.165) is 13.8 Å². The molecule has 0 saturated carbocycles. The Morgan fingerprint density at radius 3 is 1.58 bits per heavy atom. The van der Waals surface area contributed by atoms with Crippen molar-refractivity contribution in [2.24, 2.45) is 5.92 Å². The minimum Gasteiger partial charge on any atom is -0.244 e. The Morgan fingerprint density at radius 1 is 0.875 bits per heavy atom. The Bertz CT molecular complexity index is 493. The highest BCUT2D eigenvalue weighted by molar-refractivity contribution is 8.13. The SMILES string of the molecule is CC(C)(F)CC(CCCS(=O)(=O)Cl)CC(F)(C(F)(F)F)C(F)(F)F. The Balaban J connectivity index is 5.40. The molecule has 0 heterocycles. The summed E-state index contributed by atoms with van der Waals surface area (Å²) >= 11 is 0. The fraction of sp³-hybridized carbons (Fsp3) is 1.00. The first-order chi connectivity index (χ1) is 10.3. The third-order valence-electron chi connectivity index (χ3n) is 3.24. The molecule has 24 heavy (non-hydrogen) atoms. The molecule has 0 rings (SSSR count). The summed E-state index contributed by atoms with van der Waals surface area (Å²) in [6.45, 7) is 1.83. The summed E-state index contributed by atoms with van der Waals surface area (Å²) in [5.41, 5.74) is -7.67. The zero-order chi connectivity index (χ0) is 19.6. The van der Waals surface area contributed by atoms with Crippen LogP contribution in [0.2, 0.25) is 0 Å². The van der Waals surface area contributed by atoms with E-state index >= 15 is 0 Å². The summed E-state index contributed by atoms with van der Waals surface area (Å²) in [4.78, 5) is 0. The first-order valence-corrected chi connectivity index (χ1v) is 9.20. The summed E-state index contributed by atoms with van der Waals surface area (Å²) in [6, 6.07) is 0. The molecule has 2 nitrogen and oxygen atoms in total. The highest BCUT2D eigenvalue weighted by Gasteiger charge is 2.72. The van der Waals surface area contributed by atoms with Crippen LogP contribution < -0.4 is 0 Å². The molecule has 0 aromatic rings. The van der Waals surface area contributed by atoms with Crippen LogP contribution in [-0.2, 0) is 9.05 Å². The fourth-order valence-corrected chi connectivity index (χ4v) is 3.14. The van der Waals surface area contributed by atoms with E-state index in [2.05, 4.69) is 0 Å². The van der Waals surface area contributed by atoms with Crippen LogP contribution in [-0.4, -0.2) is 37.9 Å². The quantitative estimate of drug-likeness (QED) is 0.400. The van der Waals surface area contributed by atoms with Crippen LogP contribution in [0, 0.1) is 5.92 Å². The van der Waals surface area contributed by atoms with Gasteiger partial charge in [0.25, 0.3) is 5.67 Å². The lowest BCUT2D eigenvalue weighted by Gasteiger charge is -2.34. The van der Waals surface area contributed by atoms with E-state index in [1.165, 1.54) is 0 Å². The van der Waals surface area contributed by atoms with Crippen molar-refractivity contribution in [1.29, 1.82) is 0 Å². The minimum atomic E-state index is -6.23. The number of alkyl halides is 8. The molecule has 0 aromatic carbocycles. The topological polar surface area (TPSA) is 34.1 Å². The largest absolute Gasteiger partial charge is 0.431 e. The fourth-order valence-electron chi connectivity index (χ4n) is 2.30. The molecule has 0 amide bonds. The molecule has 0 aliphatic heterocycles. The van der Waals surface area contributed by atoms with Gasteiger partial charge in [-0.2, -0.15) is 26.3 Å². The molecule has 0 aromatic heterocycles. The van der Waals surface area contributed by atoms with Gasteiger partial charge in [0, 0.05) is 17.1 Å². The van der Waals surface area contributed by atoms with Crippen LogP contribution in [0.1, 0.15) is 39.5 Å². The predicted octanol–water partition coefficient (Wildman–Crippen LogP) is 5.31. The zero-order valence-electron chi connectivity index (χ0n) is 12.7. The van der Waals surface area contributed by atoms with Gasteiger partial charge in [-0.25, -0.2) is 17.2 Å². The molecular weight excluding hydrogens is 396 g/mol. The molecule has 0 bridgehead atoms. The molecule has 0 aliphatic rings. The maximum atomic E-state index is 13.8. The van der Waals surface area contributed by atoms with Gasteiger partial charge >= 0.3 is 12.4 Å².